The van der Waals surface area contributed by atoms with Gasteiger partial charge in [-0.05, 0) is 13.1 Å². The summed E-state index contributed by atoms with van der Waals surface area (Å²) in [5.74, 6) is 0.163. The maximum Gasteiger partial charge on any atom is 0.228 e. The van der Waals surface area contributed by atoms with Crippen LogP contribution in [-0.2, 0) is 4.79 Å². The molecule has 0 unspecified atom stereocenters. The summed E-state index contributed by atoms with van der Waals surface area (Å²) in [4.78, 5) is 17.1. The van der Waals surface area contributed by atoms with Gasteiger partial charge in [0.25, 0.3) is 0 Å². The lowest BCUT2D eigenvalue weighted by atomic mass is 9.94. The fourth-order valence-corrected chi connectivity index (χ4v) is 1.93. The first-order valence-corrected chi connectivity index (χ1v) is 7.43. The summed E-state index contributed by atoms with van der Waals surface area (Å²) in [6.45, 7) is 14.4. The number of nitrogens with zero attached hydrogens (tertiary/aromatic N) is 2. The van der Waals surface area contributed by atoms with Gasteiger partial charge >= 0.3 is 0 Å². The second kappa shape index (κ2) is 8.48. The Bertz CT molecular complexity index is 296. The zero-order valence-electron chi connectivity index (χ0n) is 13.0. The summed E-state index contributed by atoms with van der Waals surface area (Å²) in [6.07, 6.45) is 0.593. The van der Waals surface area contributed by atoms with Gasteiger partial charge in [-0.3, -0.25) is 4.79 Å². The number of amides is 1. The van der Waals surface area contributed by atoms with Crippen molar-refractivity contribution in [2.45, 2.75) is 41.0 Å². The summed E-state index contributed by atoms with van der Waals surface area (Å²) < 4.78 is 0. The largest absolute Gasteiger partial charge is 0.393 e. The van der Waals surface area contributed by atoms with E-state index in [1.807, 2.05) is 25.7 Å². The molecule has 0 radical (unpaired) electrons. The lowest BCUT2D eigenvalue weighted by molar-refractivity contribution is -0.139. The summed E-state index contributed by atoms with van der Waals surface area (Å²) in [7, 11) is 0. The smallest absolute Gasteiger partial charge is 0.228 e. The first-order valence-electron chi connectivity index (χ1n) is 7.02. The molecule has 0 heterocycles. The van der Waals surface area contributed by atoms with Crippen LogP contribution >= 0.6 is 12.2 Å². The van der Waals surface area contributed by atoms with Crippen molar-refractivity contribution in [2.24, 2.45) is 11.1 Å². The van der Waals surface area contributed by atoms with Crippen LogP contribution < -0.4 is 5.73 Å². The number of hydrogen-bond donors (Lipinski definition) is 1. The third-order valence-electron chi connectivity index (χ3n) is 3.14. The lowest BCUT2D eigenvalue weighted by Gasteiger charge is -2.31. The minimum Gasteiger partial charge on any atom is -0.393 e. The quantitative estimate of drug-likeness (QED) is 0.693. The Kier molecular flexibility index (Phi) is 8.18. The lowest BCUT2D eigenvalue weighted by Crippen LogP contribution is -2.44. The molecule has 0 saturated heterocycles. The molecule has 0 saturated carbocycles. The molecule has 4 nitrogen and oxygen atoms in total. The van der Waals surface area contributed by atoms with E-state index in [1.165, 1.54) is 0 Å². The SMILES string of the molecule is CCN(CC)CCN(CCC(N)=S)C(=O)C(C)(C)C. The van der Waals surface area contributed by atoms with Crippen molar-refractivity contribution in [1.82, 2.24) is 9.80 Å². The number of likely N-dealkylation sites (N-methyl/N-ethyl adjacent to an activating group) is 1. The molecule has 0 aromatic heterocycles. The molecule has 0 atom stereocenters. The highest BCUT2D eigenvalue weighted by Crippen LogP contribution is 2.17. The van der Waals surface area contributed by atoms with Crippen LogP contribution in [0.25, 0.3) is 0 Å². The van der Waals surface area contributed by atoms with E-state index < -0.39 is 0 Å². The second-order valence-electron chi connectivity index (χ2n) is 5.79. The average molecular weight is 287 g/mol. The maximum absolute atomic E-state index is 12.4. The predicted molar refractivity (Wildman–Crippen MR) is 85.2 cm³/mol. The van der Waals surface area contributed by atoms with Crippen LogP contribution in [0.1, 0.15) is 41.0 Å². The minimum absolute atomic E-state index is 0.163. The molecular weight excluding hydrogens is 258 g/mol. The van der Waals surface area contributed by atoms with Gasteiger partial charge in [0.1, 0.15) is 0 Å². The highest BCUT2D eigenvalue weighted by Gasteiger charge is 2.27. The van der Waals surface area contributed by atoms with Crippen LogP contribution in [-0.4, -0.2) is 53.4 Å². The molecule has 0 aromatic carbocycles. The van der Waals surface area contributed by atoms with Crippen molar-refractivity contribution in [1.29, 1.82) is 0 Å². The highest BCUT2D eigenvalue weighted by atomic mass is 32.1. The summed E-state index contributed by atoms with van der Waals surface area (Å²) >= 11 is 4.90. The molecule has 0 bridgehead atoms. The fraction of sp³-hybridized carbons (Fsp3) is 0.857. The van der Waals surface area contributed by atoms with Crippen molar-refractivity contribution < 1.29 is 4.79 Å². The van der Waals surface area contributed by atoms with E-state index in [0.29, 0.717) is 18.0 Å². The highest BCUT2D eigenvalue weighted by molar-refractivity contribution is 7.80. The molecule has 19 heavy (non-hydrogen) atoms. The molecule has 0 fully saturated rings. The van der Waals surface area contributed by atoms with Crippen LogP contribution in [0.15, 0.2) is 0 Å². The zero-order valence-corrected chi connectivity index (χ0v) is 13.8. The molecule has 0 rings (SSSR count). The maximum atomic E-state index is 12.4. The number of hydrogen-bond acceptors (Lipinski definition) is 3. The molecule has 112 valence electrons. The topological polar surface area (TPSA) is 49.6 Å². The predicted octanol–water partition coefficient (Wildman–Crippen LogP) is 1.88. The normalized spacial score (nSPS) is 11.7. The van der Waals surface area contributed by atoms with E-state index in [1.54, 1.807) is 0 Å². The van der Waals surface area contributed by atoms with Crippen LogP contribution in [0.2, 0.25) is 0 Å². The van der Waals surface area contributed by atoms with E-state index >= 15 is 0 Å². The third-order valence-corrected chi connectivity index (χ3v) is 3.34. The molecular formula is C14H29N3OS. The van der Waals surface area contributed by atoms with Gasteiger partial charge in [0, 0.05) is 31.5 Å². The standard InChI is InChI=1S/C14H29N3OS/c1-6-16(7-2)10-11-17(9-8-12(15)19)13(18)14(3,4)5/h6-11H2,1-5H3,(H2,15,19). The summed E-state index contributed by atoms with van der Waals surface area (Å²) in [5.41, 5.74) is 5.18. The Morgan fingerprint density at radius 3 is 2.00 bits per heavy atom. The van der Waals surface area contributed by atoms with Gasteiger partial charge in [-0.2, -0.15) is 0 Å². The Hall–Kier alpha value is -0.680. The number of nitrogens with two attached hydrogens (primary N) is 1. The van der Waals surface area contributed by atoms with Crippen LogP contribution in [0.3, 0.4) is 0 Å². The van der Waals surface area contributed by atoms with Gasteiger partial charge in [0.05, 0.1) is 4.99 Å². The first kappa shape index (κ1) is 18.3. The Morgan fingerprint density at radius 2 is 1.63 bits per heavy atom. The summed E-state index contributed by atoms with van der Waals surface area (Å²) in [5, 5.41) is 0. The van der Waals surface area contributed by atoms with Crippen molar-refractivity contribution in [3.63, 3.8) is 0 Å². The Morgan fingerprint density at radius 1 is 1.11 bits per heavy atom. The van der Waals surface area contributed by atoms with Crippen molar-refractivity contribution >= 4 is 23.1 Å². The van der Waals surface area contributed by atoms with E-state index in [4.69, 9.17) is 18.0 Å². The molecule has 1 amide bonds. The number of carbonyl (C=O) groups excluding carboxylic acids is 1. The number of rotatable bonds is 8. The molecule has 0 spiro atoms. The Labute approximate surface area is 123 Å². The summed E-state index contributed by atoms with van der Waals surface area (Å²) in [6, 6.07) is 0. The molecule has 0 aliphatic heterocycles. The van der Waals surface area contributed by atoms with E-state index in [2.05, 4.69) is 18.7 Å². The third kappa shape index (κ3) is 7.47. The average Bonchev–Trinajstić information content (AvgIpc) is 2.31. The number of thiocarbonyl (C=S) groups is 1. The molecule has 0 aromatic rings. The molecule has 2 N–H and O–H groups in total. The van der Waals surface area contributed by atoms with Gasteiger partial charge in [-0.15, -0.1) is 0 Å². The van der Waals surface area contributed by atoms with Crippen LogP contribution in [0, 0.1) is 5.41 Å². The van der Waals surface area contributed by atoms with Crippen LogP contribution in [0.5, 0.6) is 0 Å². The van der Waals surface area contributed by atoms with Crippen LogP contribution in [0.4, 0.5) is 0 Å². The van der Waals surface area contributed by atoms with E-state index in [0.717, 1.165) is 26.2 Å². The first-order chi connectivity index (χ1) is 8.72. The van der Waals surface area contributed by atoms with E-state index in [9.17, 15) is 4.79 Å². The van der Waals surface area contributed by atoms with Gasteiger partial charge in [-0.25, -0.2) is 0 Å². The van der Waals surface area contributed by atoms with E-state index in [-0.39, 0.29) is 11.3 Å². The second-order valence-corrected chi connectivity index (χ2v) is 6.31. The molecule has 5 heteroatoms. The minimum atomic E-state index is -0.362. The number of carbonyl (C=O) groups is 1. The molecule has 0 aliphatic rings. The van der Waals surface area contributed by atoms with Crippen molar-refractivity contribution in [2.75, 3.05) is 32.7 Å². The van der Waals surface area contributed by atoms with Gasteiger partial charge in [0.2, 0.25) is 5.91 Å². The fourth-order valence-electron chi connectivity index (χ4n) is 1.84. The zero-order chi connectivity index (χ0) is 15.1. The van der Waals surface area contributed by atoms with Gasteiger partial charge < -0.3 is 15.5 Å². The van der Waals surface area contributed by atoms with Gasteiger partial charge in [-0.1, -0.05) is 46.8 Å². The Balaban J connectivity index is 4.58. The van der Waals surface area contributed by atoms with Crippen molar-refractivity contribution in [3.05, 3.63) is 0 Å². The monoisotopic (exact) mass is 287 g/mol. The van der Waals surface area contributed by atoms with Crippen molar-refractivity contribution in [3.8, 4) is 0 Å². The molecule has 0 aliphatic carbocycles. The van der Waals surface area contributed by atoms with Gasteiger partial charge in [0.15, 0.2) is 0 Å².